The van der Waals surface area contributed by atoms with E-state index in [2.05, 4.69) is 54.4 Å². The number of H-pyrrole nitrogens is 1. The molecule has 4 rings (SSSR count). The maximum absolute atomic E-state index is 13.3. The third-order valence-corrected chi connectivity index (χ3v) is 8.62. The monoisotopic (exact) mass is 648 g/mol. The van der Waals surface area contributed by atoms with Crippen LogP contribution in [0.15, 0.2) is 59.2 Å². The molecule has 46 heavy (non-hydrogen) atoms. The number of aromatic amines is 1. The number of hydrogen-bond acceptors (Lipinski definition) is 6. The molecule has 10 heteroatoms. The highest BCUT2D eigenvalue weighted by Gasteiger charge is 2.28. The van der Waals surface area contributed by atoms with Crippen LogP contribution in [-0.4, -0.2) is 77.9 Å². The summed E-state index contributed by atoms with van der Waals surface area (Å²) in [5.74, 6) is 0.823. The minimum atomic E-state index is -0.0703. The zero-order chi connectivity index (χ0) is 34.2. The van der Waals surface area contributed by atoms with Gasteiger partial charge in [0.15, 0.2) is 0 Å². The molecule has 1 fully saturated rings. The molecule has 2 amide bonds. The smallest absolute Gasteiger partial charge is 0.251 e. The third-order valence-electron chi connectivity index (χ3n) is 8.08. The number of piperidine rings is 1. The lowest BCUT2D eigenvalue weighted by Crippen LogP contribution is -2.50. The molecular formula is C36H53N6O3P. The van der Waals surface area contributed by atoms with E-state index in [0.717, 1.165) is 84.4 Å². The Hall–Kier alpha value is -3.81. The first-order valence-corrected chi connectivity index (χ1v) is 16.7. The molecular weight excluding hydrogens is 595 g/mol. The van der Waals surface area contributed by atoms with Crippen molar-refractivity contribution >= 4 is 50.1 Å². The first-order valence-electron chi connectivity index (χ1n) is 16.1. The number of benzene rings is 2. The number of aliphatic imine (C=N–C) groups is 1. The van der Waals surface area contributed by atoms with E-state index >= 15 is 0 Å². The second-order valence-corrected chi connectivity index (χ2v) is 11.5. The Morgan fingerprint density at radius 1 is 1.24 bits per heavy atom. The first-order chi connectivity index (χ1) is 22.2. The van der Waals surface area contributed by atoms with E-state index in [1.165, 1.54) is 5.56 Å². The van der Waals surface area contributed by atoms with E-state index in [1.54, 1.807) is 12.0 Å². The Labute approximate surface area is 277 Å². The number of nitrogens with zero attached hydrogens (tertiary/aromatic N) is 4. The SMILES string of the molecule is C=N/C(C)=C\C(=C/C)c1n[nH]c2ccc(C(=O)N[C@@H]3CCC(C)N(Cc4c(P)cccc4OC)C3)cc12.CC.CCN(C=O)CC. The summed E-state index contributed by atoms with van der Waals surface area (Å²) in [4.78, 5) is 31.3. The molecule has 2 unspecified atom stereocenters. The van der Waals surface area contributed by atoms with E-state index in [-0.39, 0.29) is 11.9 Å². The summed E-state index contributed by atoms with van der Waals surface area (Å²) in [6.07, 6.45) is 6.75. The topological polar surface area (TPSA) is 103 Å². The predicted molar refractivity (Wildman–Crippen MR) is 196 cm³/mol. The molecule has 1 aliphatic rings. The highest BCUT2D eigenvalue weighted by molar-refractivity contribution is 7.27. The molecule has 0 bridgehead atoms. The highest BCUT2D eigenvalue weighted by Crippen LogP contribution is 2.27. The second-order valence-electron chi connectivity index (χ2n) is 10.9. The van der Waals surface area contributed by atoms with Crippen molar-refractivity contribution in [3.8, 4) is 5.75 Å². The standard InChI is InChI=1S/C29H36N5O2P.C5H11NO.C2H6/c1-6-20(14-18(2)30-4)28-23-15-21(11-13-25(23)32-33-28)29(35)31-22-12-10-19(3)34(16-22)17-24-26(36-5)8-7-9-27(24)37;1-3-6(4-2)5-7;1-2/h6-9,11,13-15,19,22H,4,10,12,16-17,37H2,1-3,5H3,(H,31,35)(H,32,33);5H,3-4H2,1-2H3;1-2H3/b18-14-,20-6+;;/t19?,22-;;/m1../s1. The van der Waals surface area contributed by atoms with Crippen molar-refractivity contribution in [1.29, 1.82) is 0 Å². The Kier molecular flexibility index (Phi) is 16.4. The number of rotatable bonds is 11. The number of allylic oxidation sites excluding steroid dienone is 4. The van der Waals surface area contributed by atoms with Crippen LogP contribution in [0.4, 0.5) is 0 Å². The number of nitrogens with one attached hydrogen (secondary N) is 2. The summed E-state index contributed by atoms with van der Waals surface area (Å²) in [5.41, 5.74) is 5.19. The van der Waals surface area contributed by atoms with Crippen molar-refractivity contribution in [2.75, 3.05) is 26.7 Å². The zero-order valence-electron chi connectivity index (χ0n) is 28.9. The molecule has 2 heterocycles. The van der Waals surface area contributed by atoms with Crippen molar-refractivity contribution in [1.82, 2.24) is 25.3 Å². The number of carbonyl (C=O) groups excluding carboxylic acids is 2. The first kappa shape index (κ1) is 38.4. The summed E-state index contributed by atoms with van der Waals surface area (Å²) in [7, 11) is 4.52. The fraction of sp³-hybridized carbons (Fsp3) is 0.444. The molecule has 0 spiro atoms. The molecule has 0 radical (unpaired) electrons. The number of amides is 2. The van der Waals surface area contributed by atoms with Gasteiger partial charge in [0.1, 0.15) is 5.75 Å². The Morgan fingerprint density at radius 3 is 2.54 bits per heavy atom. The normalized spacial score (nSPS) is 16.8. The van der Waals surface area contributed by atoms with Crippen LogP contribution in [0.2, 0.25) is 0 Å². The number of carbonyl (C=O) groups is 2. The molecule has 1 aliphatic heterocycles. The minimum Gasteiger partial charge on any atom is -0.496 e. The number of ether oxygens (including phenoxy) is 1. The fourth-order valence-corrected chi connectivity index (χ4v) is 5.58. The van der Waals surface area contributed by atoms with Gasteiger partial charge >= 0.3 is 0 Å². The number of fused-ring (bicyclic) bond motifs is 1. The van der Waals surface area contributed by atoms with Gasteiger partial charge in [0.05, 0.1) is 18.3 Å². The Bertz CT molecular complexity index is 1490. The fourth-order valence-electron chi connectivity index (χ4n) is 5.24. The average Bonchev–Trinajstić information content (AvgIpc) is 3.51. The largest absolute Gasteiger partial charge is 0.496 e. The second kappa shape index (κ2) is 19.6. The van der Waals surface area contributed by atoms with Gasteiger partial charge in [-0.1, -0.05) is 32.1 Å². The van der Waals surface area contributed by atoms with Crippen LogP contribution in [-0.2, 0) is 11.3 Å². The number of methoxy groups -OCH3 is 1. The van der Waals surface area contributed by atoms with Gasteiger partial charge in [-0.25, -0.2) is 0 Å². The highest BCUT2D eigenvalue weighted by atomic mass is 31.0. The average molecular weight is 649 g/mol. The minimum absolute atomic E-state index is 0.0703. The van der Waals surface area contributed by atoms with Crippen LogP contribution in [0.3, 0.4) is 0 Å². The van der Waals surface area contributed by atoms with Crippen molar-refractivity contribution in [3.05, 3.63) is 71.1 Å². The lowest BCUT2D eigenvalue weighted by molar-refractivity contribution is -0.117. The van der Waals surface area contributed by atoms with Crippen molar-refractivity contribution in [3.63, 3.8) is 0 Å². The zero-order valence-corrected chi connectivity index (χ0v) is 30.0. The van der Waals surface area contributed by atoms with Crippen LogP contribution >= 0.6 is 9.24 Å². The van der Waals surface area contributed by atoms with Crippen LogP contribution in [0.25, 0.3) is 16.5 Å². The Balaban J connectivity index is 0.000000724. The number of hydrogen-bond donors (Lipinski definition) is 2. The van der Waals surface area contributed by atoms with Crippen molar-refractivity contribution in [2.45, 2.75) is 79.9 Å². The van der Waals surface area contributed by atoms with E-state index < -0.39 is 0 Å². The lowest BCUT2D eigenvalue weighted by atomic mass is 9.97. The molecule has 250 valence electrons. The summed E-state index contributed by atoms with van der Waals surface area (Å²) < 4.78 is 5.61. The quantitative estimate of drug-likeness (QED) is 0.109. The van der Waals surface area contributed by atoms with E-state index in [4.69, 9.17) is 4.74 Å². The van der Waals surface area contributed by atoms with Gasteiger partial charge in [-0.15, -0.1) is 9.24 Å². The summed E-state index contributed by atoms with van der Waals surface area (Å²) >= 11 is 0. The summed E-state index contributed by atoms with van der Waals surface area (Å²) in [5, 5.41) is 12.9. The van der Waals surface area contributed by atoms with Crippen LogP contribution in [0.1, 0.15) is 82.9 Å². The Morgan fingerprint density at radius 2 is 1.96 bits per heavy atom. The third kappa shape index (κ3) is 10.4. The lowest BCUT2D eigenvalue weighted by Gasteiger charge is -2.38. The molecule has 3 atom stereocenters. The number of aromatic nitrogens is 2. The predicted octanol–water partition coefficient (Wildman–Crippen LogP) is 6.37. The van der Waals surface area contributed by atoms with Gasteiger partial charge in [-0.05, 0) is 89.8 Å². The molecule has 1 saturated heterocycles. The molecule has 2 N–H and O–H groups in total. The van der Waals surface area contributed by atoms with Gasteiger partial charge in [0.25, 0.3) is 5.91 Å². The van der Waals surface area contributed by atoms with Crippen LogP contribution < -0.4 is 15.4 Å². The van der Waals surface area contributed by atoms with Crippen LogP contribution in [0.5, 0.6) is 5.75 Å². The van der Waals surface area contributed by atoms with Gasteiger partial charge in [0, 0.05) is 66.0 Å². The number of likely N-dealkylation sites (tertiary alicyclic amines) is 1. The van der Waals surface area contributed by atoms with Gasteiger partial charge < -0.3 is 15.0 Å². The van der Waals surface area contributed by atoms with E-state index in [1.807, 2.05) is 84.0 Å². The molecule has 0 saturated carbocycles. The molecule has 9 nitrogen and oxygen atoms in total. The van der Waals surface area contributed by atoms with Crippen molar-refractivity contribution in [2.24, 2.45) is 4.99 Å². The summed E-state index contributed by atoms with van der Waals surface area (Å²) in [6.45, 7) is 20.8. The van der Waals surface area contributed by atoms with Crippen molar-refractivity contribution < 1.29 is 14.3 Å². The maximum Gasteiger partial charge on any atom is 0.251 e. The maximum atomic E-state index is 13.3. The summed E-state index contributed by atoms with van der Waals surface area (Å²) in [6, 6.07) is 12.3. The van der Waals surface area contributed by atoms with Gasteiger partial charge in [0.2, 0.25) is 6.41 Å². The van der Waals surface area contributed by atoms with E-state index in [0.29, 0.717) is 11.6 Å². The molecule has 1 aromatic heterocycles. The molecule has 2 aromatic carbocycles. The molecule has 0 aliphatic carbocycles. The van der Waals surface area contributed by atoms with Crippen LogP contribution in [0, 0.1) is 0 Å². The van der Waals surface area contributed by atoms with Gasteiger partial charge in [-0.2, -0.15) is 5.10 Å². The molecule has 3 aromatic rings. The van der Waals surface area contributed by atoms with Gasteiger partial charge in [-0.3, -0.25) is 24.6 Å². The van der Waals surface area contributed by atoms with E-state index in [9.17, 15) is 9.59 Å².